The quantitative estimate of drug-likeness (QED) is 0.218. The molecule has 34 heavy (non-hydrogen) atoms. The molecule has 1 aromatic heterocycles. The molecular formula is C23H33N5O6. The van der Waals surface area contributed by atoms with Crippen LogP contribution in [0.1, 0.15) is 32.8 Å². The third-order valence-corrected chi connectivity index (χ3v) is 5.74. The van der Waals surface area contributed by atoms with Gasteiger partial charge in [-0.15, -0.1) is 0 Å². The number of fused-ring (bicyclic) bond motifs is 1. The third kappa shape index (κ3) is 6.78. The van der Waals surface area contributed by atoms with Gasteiger partial charge in [0.1, 0.15) is 18.1 Å². The molecule has 0 radical (unpaired) electrons. The molecule has 0 saturated heterocycles. The lowest BCUT2D eigenvalue weighted by Crippen LogP contribution is -2.58. The number of carboxylic acid groups (broad SMARTS) is 1. The van der Waals surface area contributed by atoms with Gasteiger partial charge in [0.25, 0.3) is 0 Å². The molecule has 5 unspecified atom stereocenters. The first-order valence-electron chi connectivity index (χ1n) is 11.1. The minimum Gasteiger partial charge on any atom is -0.480 e. The Morgan fingerprint density at radius 1 is 1.00 bits per heavy atom. The van der Waals surface area contributed by atoms with Gasteiger partial charge in [-0.3, -0.25) is 14.4 Å². The lowest BCUT2D eigenvalue weighted by molar-refractivity contribution is -0.143. The number of carbonyl (C=O) groups is 4. The van der Waals surface area contributed by atoms with Crippen LogP contribution < -0.4 is 21.7 Å². The Kier molecular flexibility index (Phi) is 9.58. The van der Waals surface area contributed by atoms with E-state index in [1.165, 1.54) is 6.92 Å². The van der Waals surface area contributed by atoms with Crippen LogP contribution in [-0.2, 0) is 25.6 Å². The van der Waals surface area contributed by atoms with E-state index in [0.717, 1.165) is 16.5 Å². The molecule has 11 nitrogen and oxygen atoms in total. The number of carboxylic acids is 1. The Labute approximate surface area is 197 Å². The molecule has 186 valence electrons. The Hall–Kier alpha value is -3.44. The Morgan fingerprint density at radius 3 is 2.21 bits per heavy atom. The molecule has 11 heteroatoms. The van der Waals surface area contributed by atoms with Crippen molar-refractivity contribution in [2.45, 2.75) is 57.8 Å². The maximum atomic E-state index is 13.1. The number of aliphatic carboxylic acids is 1. The van der Waals surface area contributed by atoms with E-state index >= 15 is 0 Å². The standard InChI is InChI=1S/C23H33N5O6/c1-4-12(2)19(23(33)34)28-21(31)17(9-14-10-25-16-8-6-5-7-15(14)16)26-22(32)18(11-29)27-20(30)13(3)24/h5-8,10,12-13,17-19,25,29H,4,9,11,24H2,1-3H3,(H,26,32)(H,27,30)(H,28,31)(H,33,34). The highest BCUT2D eigenvalue weighted by atomic mass is 16.4. The fourth-order valence-electron chi connectivity index (χ4n) is 3.44. The molecule has 8 N–H and O–H groups in total. The van der Waals surface area contributed by atoms with Gasteiger partial charge in [0.05, 0.1) is 12.6 Å². The average Bonchev–Trinajstić information content (AvgIpc) is 3.22. The predicted octanol–water partition coefficient (Wildman–Crippen LogP) is -0.365. The SMILES string of the molecule is CCC(C)C(NC(=O)C(Cc1c[nH]c2ccccc12)NC(=O)C(CO)NC(=O)C(C)N)C(=O)O. The molecule has 0 aliphatic rings. The van der Waals surface area contributed by atoms with Gasteiger partial charge >= 0.3 is 5.97 Å². The molecule has 0 aliphatic carbocycles. The maximum Gasteiger partial charge on any atom is 0.326 e. The lowest BCUT2D eigenvalue weighted by Gasteiger charge is -2.26. The number of hydrogen-bond donors (Lipinski definition) is 7. The van der Waals surface area contributed by atoms with Crippen LogP contribution in [0.4, 0.5) is 0 Å². The summed E-state index contributed by atoms with van der Waals surface area (Å²) in [7, 11) is 0. The second-order valence-electron chi connectivity index (χ2n) is 8.37. The Morgan fingerprint density at radius 2 is 1.62 bits per heavy atom. The van der Waals surface area contributed by atoms with Crippen LogP contribution in [0.5, 0.6) is 0 Å². The summed E-state index contributed by atoms with van der Waals surface area (Å²) in [5.41, 5.74) is 7.07. The number of aliphatic hydroxyl groups is 1. The minimum absolute atomic E-state index is 0.0494. The fourth-order valence-corrected chi connectivity index (χ4v) is 3.44. The zero-order valence-corrected chi connectivity index (χ0v) is 19.5. The summed E-state index contributed by atoms with van der Waals surface area (Å²) in [6.07, 6.45) is 2.28. The second-order valence-corrected chi connectivity index (χ2v) is 8.37. The molecule has 0 spiro atoms. The molecule has 0 saturated carbocycles. The van der Waals surface area contributed by atoms with Crippen molar-refractivity contribution < 1.29 is 29.4 Å². The number of aliphatic hydroxyl groups excluding tert-OH is 1. The summed E-state index contributed by atoms with van der Waals surface area (Å²) in [6.45, 7) is 4.23. The largest absolute Gasteiger partial charge is 0.480 e. The zero-order valence-electron chi connectivity index (χ0n) is 19.5. The molecule has 0 aliphatic heterocycles. The number of aromatic amines is 1. The van der Waals surface area contributed by atoms with Crippen LogP contribution in [0, 0.1) is 5.92 Å². The van der Waals surface area contributed by atoms with E-state index in [1.54, 1.807) is 13.1 Å². The summed E-state index contributed by atoms with van der Waals surface area (Å²) in [5, 5.41) is 27.4. The van der Waals surface area contributed by atoms with Crippen LogP contribution >= 0.6 is 0 Å². The van der Waals surface area contributed by atoms with Crippen LogP contribution in [0.3, 0.4) is 0 Å². The molecular weight excluding hydrogens is 442 g/mol. The molecule has 2 rings (SSSR count). The molecule has 3 amide bonds. The maximum absolute atomic E-state index is 13.1. The molecule has 2 aromatic rings. The van der Waals surface area contributed by atoms with Gasteiger partial charge in [-0.1, -0.05) is 38.5 Å². The van der Waals surface area contributed by atoms with Crippen molar-refractivity contribution in [1.82, 2.24) is 20.9 Å². The summed E-state index contributed by atoms with van der Waals surface area (Å²) >= 11 is 0. The van der Waals surface area contributed by atoms with Crippen molar-refractivity contribution in [2.75, 3.05) is 6.61 Å². The van der Waals surface area contributed by atoms with E-state index in [4.69, 9.17) is 5.73 Å². The summed E-state index contributed by atoms with van der Waals surface area (Å²) in [5.74, 6) is -3.67. The molecule has 0 fully saturated rings. The number of carbonyl (C=O) groups excluding carboxylic acids is 3. The van der Waals surface area contributed by atoms with Crippen LogP contribution in [-0.4, -0.2) is 69.7 Å². The van der Waals surface area contributed by atoms with Crippen molar-refractivity contribution in [3.8, 4) is 0 Å². The first-order valence-corrected chi connectivity index (χ1v) is 11.1. The van der Waals surface area contributed by atoms with Crippen LogP contribution in [0.15, 0.2) is 30.5 Å². The van der Waals surface area contributed by atoms with Gasteiger partial charge in [-0.25, -0.2) is 4.79 Å². The van der Waals surface area contributed by atoms with E-state index in [-0.39, 0.29) is 12.3 Å². The van der Waals surface area contributed by atoms with Crippen molar-refractivity contribution in [3.05, 3.63) is 36.0 Å². The summed E-state index contributed by atoms with van der Waals surface area (Å²) in [4.78, 5) is 52.7. The van der Waals surface area contributed by atoms with Gasteiger partial charge in [0.2, 0.25) is 17.7 Å². The number of H-pyrrole nitrogens is 1. The number of rotatable bonds is 12. The second kappa shape index (κ2) is 12.1. The molecule has 1 aromatic carbocycles. The van der Waals surface area contributed by atoms with Gasteiger partial charge in [-0.05, 0) is 24.5 Å². The van der Waals surface area contributed by atoms with Gasteiger partial charge in [-0.2, -0.15) is 0 Å². The van der Waals surface area contributed by atoms with Crippen LogP contribution in [0.25, 0.3) is 10.9 Å². The zero-order chi connectivity index (χ0) is 25.4. The van der Waals surface area contributed by atoms with Gasteiger partial charge in [0, 0.05) is 23.5 Å². The summed E-state index contributed by atoms with van der Waals surface area (Å²) < 4.78 is 0. The van der Waals surface area contributed by atoms with Crippen molar-refractivity contribution >= 4 is 34.6 Å². The molecule has 0 bridgehead atoms. The number of benzene rings is 1. The van der Waals surface area contributed by atoms with Crippen molar-refractivity contribution in [1.29, 1.82) is 0 Å². The smallest absolute Gasteiger partial charge is 0.326 e. The first kappa shape index (κ1) is 26.8. The number of aromatic nitrogens is 1. The monoisotopic (exact) mass is 475 g/mol. The minimum atomic E-state index is -1.33. The highest BCUT2D eigenvalue weighted by molar-refractivity contribution is 5.94. The van der Waals surface area contributed by atoms with Gasteiger partial charge in [0.15, 0.2) is 0 Å². The Balaban J connectivity index is 2.30. The van der Waals surface area contributed by atoms with Gasteiger partial charge < -0.3 is 36.9 Å². The number of nitrogens with one attached hydrogen (secondary N) is 4. The van der Waals surface area contributed by atoms with Crippen molar-refractivity contribution in [3.63, 3.8) is 0 Å². The van der Waals surface area contributed by atoms with E-state index in [1.807, 2.05) is 31.2 Å². The normalized spacial score (nSPS) is 15.6. The Bertz CT molecular complexity index is 1020. The highest BCUT2D eigenvalue weighted by Crippen LogP contribution is 2.19. The van der Waals surface area contributed by atoms with E-state index in [2.05, 4.69) is 20.9 Å². The van der Waals surface area contributed by atoms with Crippen LogP contribution in [0.2, 0.25) is 0 Å². The lowest BCUT2D eigenvalue weighted by atomic mass is 9.98. The van der Waals surface area contributed by atoms with E-state index in [0.29, 0.717) is 6.42 Å². The number of amides is 3. The van der Waals surface area contributed by atoms with Crippen molar-refractivity contribution in [2.24, 2.45) is 11.7 Å². The van der Waals surface area contributed by atoms with E-state index in [9.17, 15) is 29.4 Å². The fraction of sp³-hybridized carbons (Fsp3) is 0.478. The topological polar surface area (TPSA) is 187 Å². The number of nitrogens with two attached hydrogens (primary N) is 1. The first-order chi connectivity index (χ1) is 16.1. The predicted molar refractivity (Wildman–Crippen MR) is 126 cm³/mol. The molecule has 1 heterocycles. The average molecular weight is 476 g/mol. The molecule has 5 atom stereocenters. The third-order valence-electron chi connectivity index (χ3n) is 5.74. The summed E-state index contributed by atoms with van der Waals surface area (Å²) in [6, 6.07) is 2.86. The van der Waals surface area contributed by atoms with E-state index < -0.39 is 54.5 Å². The number of hydrogen-bond acceptors (Lipinski definition) is 6. The number of para-hydroxylation sites is 1. The highest BCUT2D eigenvalue weighted by Gasteiger charge is 2.32.